The highest BCUT2D eigenvalue weighted by molar-refractivity contribution is 6.32. The highest BCUT2D eigenvalue weighted by atomic mass is 35.5. The van der Waals surface area contributed by atoms with Crippen LogP contribution in [-0.2, 0) is 0 Å². The van der Waals surface area contributed by atoms with Gasteiger partial charge in [-0.25, -0.2) is 4.79 Å². The summed E-state index contributed by atoms with van der Waals surface area (Å²) in [6.45, 7) is 6.16. The minimum Gasteiger partial charge on any atom is -0.493 e. The average molecular weight is 315 g/mol. The fraction of sp³-hybridized carbons (Fsp3) is 0.533. The molecule has 0 aliphatic carbocycles. The van der Waals surface area contributed by atoms with Crippen LogP contribution in [0.4, 0.5) is 10.5 Å². The number of amides is 2. The number of anilines is 1. The van der Waals surface area contributed by atoms with Crippen molar-refractivity contribution < 1.29 is 14.6 Å². The maximum atomic E-state index is 11.9. The predicted molar refractivity (Wildman–Crippen MR) is 85.1 cm³/mol. The molecule has 0 fully saturated rings. The van der Waals surface area contributed by atoms with Gasteiger partial charge in [0.2, 0.25) is 0 Å². The van der Waals surface area contributed by atoms with E-state index >= 15 is 0 Å². The molecular formula is C15H23ClN2O3. The Kier molecular flexibility index (Phi) is 6.30. The monoisotopic (exact) mass is 314 g/mol. The summed E-state index contributed by atoms with van der Waals surface area (Å²) in [6.07, 6.45) is 0.200. The third-order valence-electron chi connectivity index (χ3n) is 2.99. The summed E-state index contributed by atoms with van der Waals surface area (Å²) < 4.78 is 5.17. The second-order valence-electron chi connectivity index (χ2n) is 5.85. The van der Waals surface area contributed by atoms with Crippen molar-refractivity contribution in [1.82, 2.24) is 5.32 Å². The van der Waals surface area contributed by atoms with E-state index in [4.69, 9.17) is 16.3 Å². The fourth-order valence-corrected chi connectivity index (χ4v) is 2.42. The van der Waals surface area contributed by atoms with Crippen LogP contribution in [0.5, 0.6) is 5.75 Å². The number of hydrogen-bond acceptors (Lipinski definition) is 3. The van der Waals surface area contributed by atoms with Crippen molar-refractivity contribution in [3.63, 3.8) is 0 Å². The van der Waals surface area contributed by atoms with E-state index in [1.54, 1.807) is 25.1 Å². The van der Waals surface area contributed by atoms with Crippen LogP contribution in [0.1, 0.15) is 27.2 Å². The molecule has 0 aliphatic heterocycles. The van der Waals surface area contributed by atoms with Gasteiger partial charge < -0.3 is 20.5 Å². The largest absolute Gasteiger partial charge is 0.493 e. The third-order valence-corrected chi connectivity index (χ3v) is 3.29. The first-order chi connectivity index (χ1) is 9.75. The van der Waals surface area contributed by atoms with Crippen molar-refractivity contribution in [2.45, 2.75) is 33.3 Å². The molecule has 2 amide bonds. The van der Waals surface area contributed by atoms with Gasteiger partial charge in [-0.05, 0) is 30.9 Å². The highest BCUT2D eigenvalue weighted by Crippen LogP contribution is 2.32. The number of benzene rings is 1. The Morgan fingerprint density at radius 1 is 1.48 bits per heavy atom. The molecule has 21 heavy (non-hydrogen) atoms. The minimum atomic E-state index is -0.405. The SMILES string of the molecule is COc1c(Cl)cccc1NC(=O)NCC(C)(C)CC(C)O. The molecule has 1 rings (SSSR count). The van der Waals surface area contributed by atoms with E-state index in [0.29, 0.717) is 29.4 Å². The molecule has 6 heteroatoms. The number of para-hydroxylation sites is 1. The molecule has 1 atom stereocenters. The smallest absolute Gasteiger partial charge is 0.319 e. The van der Waals surface area contributed by atoms with Gasteiger partial charge in [-0.1, -0.05) is 31.5 Å². The molecule has 0 bridgehead atoms. The van der Waals surface area contributed by atoms with Gasteiger partial charge in [0, 0.05) is 6.54 Å². The maximum Gasteiger partial charge on any atom is 0.319 e. The van der Waals surface area contributed by atoms with E-state index in [1.807, 2.05) is 13.8 Å². The summed E-state index contributed by atoms with van der Waals surface area (Å²) in [5.74, 6) is 0.428. The Labute approximate surface area is 130 Å². The van der Waals surface area contributed by atoms with E-state index in [2.05, 4.69) is 10.6 Å². The van der Waals surface area contributed by atoms with Crippen LogP contribution in [0.25, 0.3) is 0 Å². The molecule has 5 nitrogen and oxygen atoms in total. The molecule has 1 unspecified atom stereocenters. The minimum absolute atomic E-state index is 0.191. The molecule has 1 aromatic carbocycles. The van der Waals surface area contributed by atoms with E-state index < -0.39 is 6.10 Å². The number of urea groups is 1. The lowest BCUT2D eigenvalue weighted by molar-refractivity contribution is 0.129. The average Bonchev–Trinajstić information content (AvgIpc) is 2.35. The molecule has 1 aromatic rings. The van der Waals surface area contributed by atoms with Gasteiger partial charge in [0.25, 0.3) is 0 Å². The van der Waals surface area contributed by atoms with Gasteiger partial charge in [0.1, 0.15) is 0 Å². The van der Waals surface area contributed by atoms with Crippen LogP contribution in [0, 0.1) is 5.41 Å². The van der Waals surface area contributed by atoms with Gasteiger partial charge >= 0.3 is 6.03 Å². The maximum absolute atomic E-state index is 11.9. The van der Waals surface area contributed by atoms with Gasteiger partial charge in [-0.15, -0.1) is 0 Å². The number of carbonyl (C=O) groups is 1. The molecule has 0 saturated heterocycles. The quantitative estimate of drug-likeness (QED) is 0.754. The normalized spacial score (nSPS) is 12.7. The second kappa shape index (κ2) is 7.52. The Morgan fingerprint density at radius 2 is 2.14 bits per heavy atom. The van der Waals surface area contributed by atoms with Crippen LogP contribution in [0.2, 0.25) is 5.02 Å². The predicted octanol–water partition coefficient (Wildman–Crippen LogP) is 3.27. The van der Waals surface area contributed by atoms with Crippen molar-refractivity contribution in [1.29, 1.82) is 0 Å². The zero-order chi connectivity index (χ0) is 16.0. The first kappa shape index (κ1) is 17.6. The molecule has 0 heterocycles. The standard InChI is InChI=1S/C15H23ClN2O3/c1-10(19)8-15(2,3)9-17-14(20)18-12-7-5-6-11(16)13(12)21-4/h5-7,10,19H,8-9H2,1-4H3,(H2,17,18,20). The van der Waals surface area contributed by atoms with Crippen molar-refractivity contribution in [3.8, 4) is 5.75 Å². The van der Waals surface area contributed by atoms with Crippen molar-refractivity contribution in [2.75, 3.05) is 19.0 Å². The number of aliphatic hydroxyl groups is 1. The molecule has 0 spiro atoms. The molecule has 118 valence electrons. The Hall–Kier alpha value is -1.46. The fourth-order valence-electron chi connectivity index (χ4n) is 2.17. The number of hydrogen-bond donors (Lipinski definition) is 3. The number of ether oxygens (including phenoxy) is 1. The van der Waals surface area contributed by atoms with Gasteiger partial charge in [0.15, 0.2) is 5.75 Å². The molecule has 3 N–H and O–H groups in total. The van der Waals surface area contributed by atoms with Crippen LogP contribution in [0.3, 0.4) is 0 Å². The van der Waals surface area contributed by atoms with Gasteiger partial charge in [-0.2, -0.15) is 0 Å². The number of halogens is 1. The summed E-state index contributed by atoms with van der Waals surface area (Å²) in [5, 5.41) is 15.4. The molecule has 0 radical (unpaired) electrons. The van der Waals surface area contributed by atoms with E-state index in [-0.39, 0.29) is 11.4 Å². The summed E-state index contributed by atoms with van der Waals surface area (Å²) in [6, 6.07) is 4.80. The summed E-state index contributed by atoms with van der Waals surface area (Å²) in [5.41, 5.74) is 0.319. The third kappa shape index (κ3) is 5.81. The Morgan fingerprint density at radius 3 is 2.71 bits per heavy atom. The zero-order valence-electron chi connectivity index (χ0n) is 12.9. The van der Waals surface area contributed by atoms with Crippen molar-refractivity contribution in [3.05, 3.63) is 23.2 Å². The van der Waals surface area contributed by atoms with Gasteiger partial charge in [-0.3, -0.25) is 0 Å². The first-order valence-electron chi connectivity index (χ1n) is 6.80. The summed E-state index contributed by atoms with van der Waals surface area (Å²) in [4.78, 5) is 11.9. The van der Waals surface area contributed by atoms with Crippen LogP contribution < -0.4 is 15.4 Å². The van der Waals surface area contributed by atoms with Crippen molar-refractivity contribution in [2.24, 2.45) is 5.41 Å². The zero-order valence-corrected chi connectivity index (χ0v) is 13.6. The van der Waals surface area contributed by atoms with Crippen LogP contribution in [-0.4, -0.2) is 30.9 Å². The number of methoxy groups -OCH3 is 1. The van der Waals surface area contributed by atoms with E-state index in [0.717, 1.165) is 0 Å². The van der Waals surface area contributed by atoms with E-state index in [9.17, 15) is 9.90 Å². The lowest BCUT2D eigenvalue weighted by Crippen LogP contribution is -2.38. The summed E-state index contributed by atoms with van der Waals surface area (Å²) >= 11 is 6.00. The van der Waals surface area contributed by atoms with Crippen LogP contribution in [0.15, 0.2) is 18.2 Å². The van der Waals surface area contributed by atoms with E-state index in [1.165, 1.54) is 7.11 Å². The summed E-state index contributed by atoms with van der Waals surface area (Å²) in [7, 11) is 1.50. The van der Waals surface area contributed by atoms with Crippen molar-refractivity contribution >= 4 is 23.3 Å². The highest BCUT2D eigenvalue weighted by Gasteiger charge is 2.21. The topological polar surface area (TPSA) is 70.6 Å². The number of carbonyl (C=O) groups excluding carboxylic acids is 1. The number of nitrogens with one attached hydrogen (secondary N) is 2. The lowest BCUT2D eigenvalue weighted by Gasteiger charge is -2.26. The molecule has 0 aromatic heterocycles. The van der Waals surface area contributed by atoms with Crippen LogP contribution >= 0.6 is 11.6 Å². The molecule has 0 aliphatic rings. The second-order valence-corrected chi connectivity index (χ2v) is 6.25. The Bertz CT molecular complexity index is 490. The molecular weight excluding hydrogens is 292 g/mol. The number of rotatable bonds is 6. The lowest BCUT2D eigenvalue weighted by atomic mass is 9.87. The number of aliphatic hydroxyl groups excluding tert-OH is 1. The van der Waals surface area contributed by atoms with Gasteiger partial charge in [0.05, 0.1) is 23.9 Å². The molecule has 0 saturated carbocycles. The first-order valence-corrected chi connectivity index (χ1v) is 7.18. The Balaban J connectivity index is 2.61.